The Bertz CT molecular complexity index is 4000. The molecule has 0 aromatic heterocycles. The molecule has 0 radical (unpaired) electrons. The van der Waals surface area contributed by atoms with Gasteiger partial charge >= 0.3 is 6.16 Å². The van der Waals surface area contributed by atoms with Crippen molar-refractivity contribution >= 4 is 48.7 Å². The van der Waals surface area contributed by atoms with Crippen molar-refractivity contribution in [1.29, 1.82) is 0 Å². The van der Waals surface area contributed by atoms with Crippen molar-refractivity contribution in [3.05, 3.63) is 261 Å². The highest BCUT2D eigenvalue weighted by molar-refractivity contribution is 5.65. The zero-order valence-corrected chi connectivity index (χ0v) is 71.4. The fraction of sp³-hybridized carbons (Fsp3) is 0.452. The highest BCUT2D eigenvalue weighted by Crippen LogP contribution is 2.60. The molecule has 4 atom stereocenters. The number of benzene rings is 7. The number of carbonyl (C=O) groups excluding carboxylic acids is 1. The van der Waals surface area contributed by atoms with Gasteiger partial charge in [0, 0.05) is 20.1 Å². The maximum atomic E-state index is 11.3. The van der Waals surface area contributed by atoms with E-state index in [1.165, 1.54) is 147 Å². The summed E-state index contributed by atoms with van der Waals surface area (Å²) in [6, 6.07) is 56.6. The van der Waals surface area contributed by atoms with Crippen LogP contribution < -0.4 is 28.4 Å². The van der Waals surface area contributed by atoms with Crippen LogP contribution >= 0.6 is 0 Å². The Hall–Kier alpha value is -9.21. The number of ether oxygens (including phenoxy) is 12. The van der Waals surface area contributed by atoms with Crippen molar-refractivity contribution in [1.82, 2.24) is 0 Å². The first kappa shape index (κ1) is 91.7. The van der Waals surface area contributed by atoms with Crippen LogP contribution in [0.25, 0.3) is 42.5 Å². The summed E-state index contributed by atoms with van der Waals surface area (Å²) in [5.74, 6) is 10.9. The van der Waals surface area contributed by atoms with Crippen molar-refractivity contribution in [2.24, 2.45) is 46.8 Å². The highest BCUT2D eigenvalue weighted by atomic mass is 16.7. The summed E-state index contributed by atoms with van der Waals surface area (Å²) in [7, 11) is 3.35. The number of rotatable bonds is 28. The van der Waals surface area contributed by atoms with E-state index in [0.717, 1.165) is 104 Å². The third kappa shape index (κ3) is 31.6. The first-order chi connectivity index (χ1) is 56.6. The van der Waals surface area contributed by atoms with Crippen LogP contribution in [0.5, 0.6) is 34.5 Å². The average molecular weight is 1590 g/mol. The summed E-state index contributed by atoms with van der Waals surface area (Å²) in [6.45, 7) is 38.5. The van der Waals surface area contributed by atoms with Crippen LogP contribution in [-0.4, -0.2) is 76.2 Å². The summed E-state index contributed by atoms with van der Waals surface area (Å²) >= 11 is 0. The van der Waals surface area contributed by atoms with Crippen LogP contribution in [0.3, 0.4) is 0 Å². The molecule has 0 aliphatic heterocycles. The lowest BCUT2D eigenvalue weighted by molar-refractivity contribution is -0.225. The van der Waals surface area contributed by atoms with Crippen LogP contribution in [0, 0.1) is 46.8 Å². The first-order valence-corrected chi connectivity index (χ1v) is 42.8. The Morgan fingerprint density at radius 1 is 0.402 bits per heavy atom. The van der Waals surface area contributed by atoms with Gasteiger partial charge in [0.15, 0.2) is 25.7 Å². The Kier molecular flexibility index (Phi) is 37.1. The largest absolute Gasteiger partial charge is 0.514 e. The maximum absolute atomic E-state index is 11.3. The van der Waals surface area contributed by atoms with Crippen molar-refractivity contribution in [2.45, 2.75) is 225 Å². The molecule has 0 spiro atoms. The lowest BCUT2D eigenvalue weighted by Gasteiger charge is -2.56. The summed E-state index contributed by atoms with van der Waals surface area (Å²) in [5.41, 5.74) is 7.68. The summed E-state index contributed by atoms with van der Waals surface area (Å²) in [4.78, 5) is 11.3. The van der Waals surface area contributed by atoms with Gasteiger partial charge in [0.2, 0.25) is 6.29 Å². The van der Waals surface area contributed by atoms with Gasteiger partial charge in [-0.05, 0) is 297 Å². The van der Waals surface area contributed by atoms with E-state index in [1.54, 1.807) is 59.3 Å². The van der Waals surface area contributed by atoms with Crippen LogP contribution in [0.2, 0.25) is 0 Å². The second-order valence-corrected chi connectivity index (χ2v) is 33.9. The smallest absolute Gasteiger partial charge is 0.468 e. The lowest BCUT2D eigenvalue weighted by Crippen LogP contribution is -2.53. The van der Waals surface area contributed by atoms with E-state index in [0.29, 0.717) is 30.0 Å². The Labute approximate surface area is 701 Å². The number of carbonyl (C=O) groups is 1. The van der Waals surface area contributed by atoms with Crippen molar-refractivity contribution in [2.75, 3.05) is 27.6 Å². The molecule has 10 aliphatic rings. The molecule has 4 unspecified atom stereocenters. The average Bonchev–Trinajstić information content (AvgIpc) is 0.755. The molecule has 10 aliphatic carbocycles. The van der Waals surface area contributed by atoms with Gasteiger partial charge < -0.3 is 56.8 Å². The molecule has 7 aromatic rings. The minimum atomic E-state index is -0.696. The molecule has 13 nitrogen and oxygen atoms in total. The van der Waals surface area contributed by atoms with E-state index in [1.807, 2.05) is 215 Å². The van der Waals surface area contributed by atoms with E-state index in [-0.39, 0.29) is 30.8 Å². The molecule has 8 bridgehead atoms. The fourth-order valence-corrected chi connectivity index (χ4v) is 18.3. The fourth-order valence-electron chi connectivity index (χ4n) is 18.3. The zero-order valence-electron chi connectivity index (χ0n) is 71.4. The molecule has 17 rings (SSSR count). The van der Waals surface area contributed by atoms with Crippen LogP contribution in [0.1, 0.15) is 222 Å². The summed E-state index contributed by atoms with van der Waals surface area (Å²) in [6.07, 6.45) is 41.1. The van der Waals surface area contributed by atoms with Crippen LogP contribution in [0.15, 0.2) is 222 Å². The Morgan fingerprint density at radius 2 is 0.744 bits per heavy atom. The molecule has 10 saturated carbocycles. The van der Waals surface area contributed by atoms with Crippen molar-refractivity contribution in [3.63, 3.8) is 0 Å². The predicted molar refractivity (Wildman–Crippen MR) is 480 cm³/mol. The Morgan fingerprint density at radius 3 is 1.11 bits per heavy atom. The molecular formula is C104H134O13. The molecule has 13 heteroatoms. The van der Waals surface area contributed by atoms with E-state index in [9.17, 15) is 4.79 Å². The molecule has 7 aromatic carbocycles. The van der Waals surface area contributed by atoms with Gasteiger partial charge in [-0.25, -0.2) is 4.79 Å². The monoisotopic (exact) mass is 1590 g/mol. The van der Waals surface area contributed by atoms with Gasteiger partial charge in [-0.3, -0.25) is 0 Å². The molecule has 0 saturated heterocycles. The van der Waals surface area contributed by atoms with Gasteiger partial charge in [0.25, 0.3) is 0 Å². The summed E-state index contributed by atoms with van der Waals surface area (Å²) < 4.78 is 67.6. The summed E-state index contributed by atoms with van der Waals surface area (Å²) in [5, 5.41) is 0. The molecule has 0 N–H and O–H groups in total. The Balaban J connectivity index is 0.000000159. The number of hydrogen-bond acceptors (Lipinski definition) is 13. The first-order valence-electron chi connectivity index (χ1n) is 42.8. The molecule has 628 valence electrons. The van der Waals surface area contributed by atoms with E-state index >= 15 is 0 Å². The van der Waals surface area contributed by atoms with E-state index in [4.69, 9.17) is 56.8 Å². The quantitative estimate of drug-likeness (QED) is 0.0262. The second kappa shape index (κ2) is 47.4. The van der Waals surface area contributed by atoms with E-state index in [2.05, 4.69) is 46.1 Å². The van der Waals surface area contributed by atoms with Crippen molar-refractivity contribution in [3.8, 4) is 34.5 Å². The van der Waals surface area contributed by atoms with E-state index < -0.39 is 11.8 Å². The molecule has 0 amide bonds. The highest BCUT2D eigenvalue weighted by Gasteiger charge is 2.53. The molecular weight excluding hydrogens is 1460 g/mol. The van der Waals surface area contributed by atoms with Gasteiger partial charge in [-0.2, -0.15) is 0 Å². The minimum Gasteiger partial charge on any atom is -0.468 e. The van der Waals surface area contributed by atoms with Crippen molar-refractivity contribution < 1.29 is 61.6 Å². The standard InChI is InChI=1S/C21H28O2.C20H26O2.C16H22O2.C15H20O2.C13H16O3.C11H14O2.C8H8/c1-3-16-4-6-20(7-5-16)23-15(2)22-14-21-11-17-8-18(12-21)10-19(9-17)13-21;1-3-15-4-6-19(7-5-15)21-14(2)22-20-11-16-8-17(12-20)10-18(9-16)13-20;1-3-13-9-11-15(12-10-13)18-16(17-2)14-7-5-4-6-8-14;1-2-13-8-10-15(11-9-13)17-12-16-14-6-4-3-5-7-14;1-5-10-6-8-11(9-7-10)15-12(14)16-13(2,3)4;1-4-10-5-7-11(8-6-10)13-9(2)12-3;1-2-8-6-4-3-5-7-8/h3-7,15,17-19H,1,8-14H2,2H3;3-7,14,16-18H,1,8-13H2,2H3;3,9-12,14,16H,1,4-8H2,2H3;2,8-11,14H,1,3-7,12H2;5-9H,1H2,2-4H3;4-9H,1H2,2-3H3;2-7H,1H2. The van der Waals surface area contributed by atoms with Gasteiger partial charge in [0.05, 0.1) is 18.3 Å². The lowest BCUT2D eigenvalue weighted by atomic mass is 9.50. The normalized spacial score (nSPS) is 22.7. The van der Waals surface area contributed by atoms with Gasteiger partial charge in [0.1, 0.15) is 40.1 Å². The predicted octanol–water partition coefficient (Wildman–Crippen LogP) is 27.3. The van der Waals surface area contributed by atoms with Crippen LogP contribution in [0.4, 0.5) is 4.79 Å². The second-order valence-electron chi connectivity index (χ2n) is 33.9. The minimum absolute atomic E-state index is 0.106. The van der Waals surface area contributed by atoms with Gasteiger partial charge in [-0.1, -0.05) is 230 Å². The van der Waals surface area contributed by atoms with Gasteiger partial charge in [-0.15, -0.1) is 0 Å². The molecule has 117 heavy (non-hydrogen) atoms. The molecule has 10 fully saturated rings. The maximum Gasteiger partial charge on any atom is 0.514 e. The number of hydrogen-bond donors (Lipinski definition) is 0. The third-order valence-corrected chi connectivity index (χ3v) is 23.3. The SMILES string of the molecule is C=Cc1ccc(OC(=O)OC(C)(C)C)cc1.C=Cc1ccc(OC(C)OC)cc1.C=Cc1ccc(OC(C)OC23CC4CC(CC(C4)C2)C3)cc1.C=Cc1ccc(OC(C)OCC23CC4CC(CC(C4)C2)C3)cc1.C=Cc1ccc(OC(OC)C2CCCCC2)cc1.C=Cc1ccc(OCOC2CCCCC2)cc1.C=Cc1ccccc1. The zero-order chi connectivity index (χ0) is 83.4. The number of methoxy groups -OCH3 is 2. The van der Waals surface area contributed by atoms with Crippen LogP contribution in [-0.2, 0) is 28.4 Å². The third-order valence-electron chi connectivity index (χ3n) is 23.3. The topological polar surface area (TPSA) is 128 Å². The molecule has 0 heterocycles.